The molecule has 1 heterocycles. The van der Waals surface area contributed by atoms with E-state index in [0.29, 0.717) is 11.3 Å². The van der Waals surface area contributed by atoms with Crippen LogP contribution in [0.5, 0.6) is 5.75 Å². The second-order valence-electron chi connectivity index (χ2n) is 2.96. The van der Waals surface area contributed by atoms with E-state index in [2.05, 4.69) is 4.74 Å². The summed E-state index contributed by atoms with van der Waals surface area (Å²) in [5, 5.41) is 0. The zero-order valence-electron chi connectivity index (χ0n) is 7.57. The second kappa shape index (κ2) is 3.14. The van der Waals surface area contributed by atoms with E-state index in [-0.39, 0.29) is 12.4 Å². The van der Waals surface area contributed by atoms with Gasteiger partial charge in [-0.3, -0.25) is 4.79 Å². The fraction of sp³-hybridized carbons (Fsp3) is 0.200. The van der Waals surface area contributed by atoms with E-state index in [0.717, 1.165) is 5.56 Å². The zero-order valence-corrected chi connectivity index (χ0v) is 7.57. The molecule has 72 valence electrons. The molecule has 1 aromatic carbocycles. The molecule has 0 radical (unpaired) electrons. The minimum Gasteiger partial charge on any atom is -0.465 e. The van der Waals surface area contributed by atoms with Crippen molar-refractivity contribution in [1.29, 1.82) is 0 Å². The van der Waals surface area contributed by atoms with Crippen LogP contribution in [0.2, 0.25) is 0 Å². The van der Waals surface area contributed by atoms with Crippen LogP contribution in [0.3, 0.4) is 0 Å². The number of rotatable bonds is 1. The third-order valence-electron chi connectivity index (χ3n) is 2.05. The standard InChI is InChI=1S/C10H8O4/c1-13-10(12)7-3-2-6-5-9(11)14-8(6)4-7/h2-4H,5H2,1H3. The third kappa shape index (κ3) is 1.35. The molecule has 1 aliphatic heterocycles. The van der Waals surface area contributed by atoms with Crippen molar-refractivity contribution in [2.45, 2.75) is 6.42 Å². The normalized spacial score (nSPS) is 13.4. The third-order valence-corrected chi connectivity index (χ3v) is 2.05. The van der Waals surface area contributed by atoms with Crippen molar-refractivity contribution in [2.75, 3.05) is 7.11 Å². The molecule has 14 heavy (non-hydrogen) atoms. The van der Waals surface area contributed by atoms with Crippen LogP contribution in [-0.4, -0.2) is 19.0 Å². The van der Waals surface area contributed by atoms with Crippen molar-refractivity contribution in [3.05, 3.63) is 29.3 Å². The van der Waals surface area contributed by atoms with E-state index in [4.69, 9.17) is 4.74 Å². The summed E-state index contributed by atoms with van der Waals surface area (Å²) in [7, 11) is 1.31. The van der Waals surface area contributed by atoms with Crippen molar-refractivity contribution in [3.63, 3.8) is 0 Å². The molecule has 0 bridgehead atoms. The van der Waals surface area contributed by atoms with Crippen molar-refractivity contribution < 1.29 is 19.1 Å². The maximum absolute atomic E-state index is 11.1. The smallest absolute Gasteiger partial charge is 0.337 e. The lowest BCUT2D eigenvalue weighted by atomic mass is 10.1. The predicted molar refractivity (Wildman–Crippen MR) is 47.1 cm³/mol. The number of carbonyl (C=O) groups excluding carboxylic acids is 2. The molecule has 0 aromatic heterocycles. The zero-order chi connectivity index (χ0) is 10.1. The van der Waals surface area contributed by atoms with Crippen LogP contribution in [-0.2, 0) is 16.0 Å². The molecule has 4 nitrogen and oxygen atoms in total. The molecule has 4 heteroatoms. The highest BCUT2D eigenvalue weighted by Gasteiger charge is 2.21. The fourth-order valence-electron chi connectivity index (χ4n) is 1.35. The van der Waals surface area contributed by atoms with E-state index in [1.165, 1.54) is 13.2 Å². The average molecular weight is 192 g/mol. The topological polar surface area (TPSA) is 52.6 Å². The van der Waals surface area contributed by atoms with Gasteiger partial charge in [0.2, 0.25) is 0 Å². The average Bonchev–Trinajstić information content (AvgIpc) is 2.55. The van der Waals surface area contributed by atoms with Gasteiger partial charge < -0.3 is 9.47 Å². The van der Waals surface area contributed by atoms with Crippen LogP contribution in [0.1, 0.15) is 15.9 Å². The number of benzene rings is 1. The number of esters is 2. The monoisotopic (exact) mass is 192 g/mol. The summed E-state index contributed by atoms with van der Waals surface area (Å²) in [6, 6.07) is 4.84. The molecule has 0 spiro atoms. The van der Waals surface area contributed by atoms with Gasteiger partial charge in [0.15, 0.2) is 0 Å². The number of ether oxygens (including phenoxy) is 2. The SMILES string of the molecule is COC(=O)c1ccc2c(c1)OC(=O)C2. The molecule has 0 amide bonds. The van der Waals surface area contributed by atoms with Crippen LogP contribution in [0.25, 0.3) is 0 Å². The van der Waals surface area contributed by atoms with Gasteiger partial charge in [-0.2, -0.15) is 0 Å². The lowest BCUT2D eigenvalue weighted by molar-refractivity contribution is -0.131. The molecule has 0 fully saturated rings. The first-order chi connectivity index (χ1) is 6.70. The van der Waals surface area contributed by atoms with Crippen molar-refractivity contribution in [1.82, 2.24) is 0 Å². The molecule has 0 unspecified atom stereocenters. The van der Waals surface area contributed by atoms with E-state index < -0.39 is 5.97 Å². The molecular weight excluding hydrogens is 184 g/mol. The molecule has 1 aliphatic rings. The maximum Gasteiger partial charge on any atom is 0.337 e. The molecule has 0 atom stereocenters. The largest absolute Gasteiger partial charge is 0.465 e. The van der Waals surface area contributed by atoms with Gasteiger partial charge in [-0.05, 0) is 12.1 Å². The van der Waals surface area contributed by atoms with Gasteiger partial charge in [-0.15, -0.1) is 0 Å². The van der Waals surface area contributed by atoms with E-state index in [1.807, 2.05) is 0 Å². The molecule has 0 saturated carbocycles. The van der Waals surface area contributed by atoms with Gasteiger partial charge in [0.05, 0.1) is 19.1 Å². The highest BCUT2D eigenvalue weighted by atomic mass is 16.5. The molecule has 0 saturated heterocycles. The van der Waals surface area contributed by atoms with E-state index in [1.54, 1.807) is 12.1 Å². The molecule has 2 rings (SSSR count). The number of hydrogen-bond acceptors (Lipinski definition) is 4. The Labute approximate surface area is 80.4 Å². The first-order valence-corrected chi connectivity index (χ1v) is 4.12. The Bertz CT molecular complexity index is 409. The summed E-state index contributed by atoms with van der Waals surface area (Å²) >= 11 is 0. The predicted octanol–water partition coefficient (Wildman–Crippen LogP) is 0.935. The van der Waals surface area contributed by atoms with Crippen LogP contribution in [0, 0.1) is 0 Å². The van der Waals surface area contributed by atoms with Gasteiger partial charge in [-0.1, -0.05) is 6.07 Å². The summed E-state index contributed by atoms with van der Waals surface area (Å²) < 4.78 is 9.44. The first kappa shape index (κ1) is 8.74. The first-order valence-electron chi connectivity index (χ1n) is 4.12. The Morgan fingerprint density at radius 1 is 1.50 bits per heavy atom. The van der Waals surface area contributed by atoms with E-state index >= 15 is 0 Å². The minimum atomic E-state index is -0.434. The highest BCUT2D eigenvalue weighted by molar-refractivity contribution is 5.91. The van der Waals surface area contributed by atoms with Crippen LogP contribution >= 0.6 is 0 Å². The number of fused-ring (bicyclic) bond motifs is 1. The van der Waals surface area contributed by atoms with Crippen LogP contribution in [0.4, 0.5) is 0 Å². The minimum absolute atomic E-state index is 0.275. The summed E-state index contributed by atoms with van der Waals surface area (Å²) in [4.78, 5) is 22.0. The summed E-state index contributed by atoms with van der Waals surface area (Å²) in [5.41, 5.74) is 1.20. The van der Waals surface area contributed by atoms with Gasteiger partial charge >= 0.3 is 11.9 Å². The van der Waals surface area contributed by atoms with Gasteiger partial charge in [0.25, 0.3) is 0 Å². The summed E-state index contributed by atoms with van der Waals surface area (Å²) in [5.74, 6) is -0.268. The van der Waals surface area contributed by atoms with Crippen molar-refractivity contribution in [2.24, 2.45) is 0 Å². The molecular formula is C10H8O4. The Kier molecular flexibility index (Phi) is 1.96. The lowest BCUT2D eigenvalue weighted by Crippen LogP contribution is -2.01. The summed E-state index contributed by atoms with van der Waals surface area (Å²) in [6.45, 7) is 0. The van der Waals surface area contributed by atoms with Gasteiger partial charge in [0.1, 0.15) is 5.75 Å². The molecule has 0 N–H and O–H groups in total. The van der Waals surface area contributed by atoms with Crippen molar-refractivity contribution >= 4 is 11.9 Å². The van der Waals surface area contributed by atoms with Gasteiger partial charge in [-0.25, -0.2) is 4.79 Å². The molecule has 1 aromatic rings. The van der Waals surface area contributed by atoms with Crippen LogP contribution < -0.4 is 4.74 Å². The van der Waals surface area contributed by atoms with E-state index in [9.17, 15) is 9.59 Å². The number of methoxy groups -OCH3 is 1. The van der Waals surface area contributed by atoms with Crippen LogP contribution in [0.15, 0.2) is 18.2 Å². The number of carbonyl (C=O) groups is 2. The summed E-state index contributed by atoms with van der Waals surface area (Å²) in [6.07, 6.45) is 0.275. The Morgan fingerprint density at radius 3 is 3.00 bits per heavy atom. The van der Waals surface area contributed by atoms with Gasteiger partial charge in [0, 0.05) is 5.56 Å². The lowest BCUT2D eigenvalue weighted by Gasteiger charge is -2.00. The second-order valence-corrected chi connectivity index (χ2v) is 2.96. The maximum atomic E-state index is 11.1. The Morgan fingerprint density at radius 2 is 2.29 bits per heavy atom. The molecule has 0 aliphatic carbocycles. The Hall–Kier alpha value is -1.84. The quantitative estimate of drug-likeness (QED) is 0.490. The Balaban J connectivity index is 2.37. The number of hydrogen-bond donors (Lipinski definition) is 0. The fourth-order valence-corrected chi connectivity index (χ4v) is 1.35. The highest BCUT2D eigenvalue weighted by Crippen LogP contribution is 2.26. The van der Waals surface area contributed by atoms with Crippen molar-refractivity contribution in [3.8, 4) is 5.75 Å².